The van der Waals surface area contributed by atoms with Crippen LogP contribution in [0, 0.1) is 0 Å². The molecular formula is C82H125NO8. The Morgan fingerprint density at radius 3 is 0.890 bits per heavy atom. The Labute approximate surface area is 556 Å². The average molecular weight is 1250 g/mol. The first-order valence-corrected chi connectivity index (χ1v) is 34.9. The Kier molecular flexibility index (Phi) is 64.6. The number of hydrogen-bond acceptors (Lipinski definition) is 8. The van der Waals surface area contributed by atoms with E-state index in [1.807, 2.05) is 21.1 Å². The van der Waals surface area contributed by atoms with Gasteiger partial charge in [-0.05, 0) is 154 Å². The van der Waals surface area contributed by atoms with Crippen molar-refractivity contribution in [3.63, 3.8) is 0 Å². The Balaban J connectivity index is 4.28. The lowest BCUT2D eigenvalue weighted by molar-refractivity contribution is -0.870. The average Bonchev–Trinajstić information content (AvgIpc) is 3.53. The van der Waals surface area contributed by atoms with E-state index < -0.39 is 30.3 Å². The summed E-state index contributed by atoms with van der Waals surface area (Å²) in [5, 5.41) is 11.8. The number of esters is 2. The second kappa shape index (κ2) is 69.5. The minimum atomic E-state index is -1.65. The Hall–Kier alpha value is -6.39. The van der Waals surface area contributed by atoms with Crippen molar-refractivity contribution in [3.8, 4) is 0 Å². The maximum absolute atomic E-state index is 12.9. The normalized spacial score (nSPS) is 14.1. The fraction of sp³-hybridized carbons (Fsp3) is 0.524. The summed E-state index contributed by atoms with van der Waals surface area (Å²) in [6, 6.07) is 0. The van der Waals surface area contributed by atoms with E-state index in [2.05, 4.69) is 233 Å². The summed E-state index contributed by atoms with van der Waals surface area (Å²) in [6.07, 6.45) is 107. The number of carboxylic acids is 1. The van der Waals surface area contributed by atoms with Crippen molar-refractivity contribution in [2.24, 2.45) is 0 Å². The summed E-state index contributed by atoms with van der Waals surface area (Å²) in [5.74, 6) is -2.37. The minimum absolute atomic E-state index is 0.127. The highest BCUT2D eigenvalue weighted by molar-refractivity contribution is 5.70. The van der Waals surface area contributed by atoms with Gasteiger partial charge in [0.05, 0.1) is 40.3 Å². The summed E-state index contributed by atoms with van der Waals surface area (Å²) in [5.41, 5.74) is 0. The van der Waals surface area contributed by atoms with Crippen molar-refractivity contribution < 1.29 is 42.9 Å². The largest absolute Gasteiger partial charge is 0.545 e. The number of carbonyl (C=O) groups excluding carboxylic acids is 3. The SMILES string of the molecule is CC/C=C\C/C=C\C/C=C\C/C=C\C/C=C\C/C=C\C/C=C\C/C=C\C/C=C\C/C=C\C/C=C\CCCCCCCCCC(=O)OC(COC(=O)CCCCC/C=C\C/C=C\C/C=C\C/C=C\C/C=C\C/C=C\C/C=C\CC)COC(OCC[N+](C)(C)C)C(=O)[O-]. The second-order valence-corrected chi connectivity index (χ2v) is 23.3. The standard InChI is InChI=1S/C82H125NO8/c1-6-8-10-12-14-16-18-20-22-24-26-28-30-32-33-34-35-36-37-38-39-40-41-42-43-44-45-46-47-49-51-53-55-57-59-61-63-65-67-69-71-73-80(85)91-78(77-90-82(81(86)87)88-75-74-83(3,4)5)76-89-79(84)72-70-68-66-64-62-60-58-56-54-52-50-48-31-29-27-25-23-21-19-17-15-13-11-9-7-2/h8-11,14-17,20-23,26-29,32-33,35-36,38-39,41-42,44-45,47-50,53-56,60,62,78,82H,6-7,12-13,18-19,24-25,30-31,34,37,40,43,46,51-52,57-59,61,63-77H2,1-5H3/b10-8-,11-9-,16-14-,17-15-,22-20-,23-21-,28-26-,29-27-,33-32-,36-35-,39-38-,42-41-,45-44-,49-47-,50-48-,55-53-,56-54-,62-60-. The first kappa shape index (κ1) is 84.6. The lowest BCUT2D eigenvalue weighted by Gasteiger charge is -2.26. The number of quaternary nitrogens is 1. The van der Waals surface area contributed by atoms with Gasteiger partial charge in [-0.3, -0.25) is 9.59 Å². The van der Waals surface area contributed by atoms with Crippen LogP contribution in [-0.2, 0) is 33.3 Å². The van der Waals surface area contributed by atoms with Gasteiger partial charge in [0, 0.05) is 12.8 Å². The van der Waals surface area contributed by atoms with Crippen LogP contribution in [0.25, 0.3) is 0 Å². The number of unbranched alkanes of at least 4 members (excludes halogenated alkanes) is 10. The summed E-state index contributed by atoms with van der Waals surface area (Å²) in [7, 11) is 5.89. The number of allylic oxidation sites excluding steroid dienone is 36. The topological polar surface area (TPSA) is 111 Å². The molecule has 9 heteroatoms. The zero-order valence-corrected chi connectivity index (χ0v) is 57.6. The summed E-state index contributed by atoms with van der Waals surface area (Å²) in [6.45, 7) is 4.43. The first-order valence-electron chi connectivity index (χ1n) is 34.9. The third-order valence-corrected chi connectivity index (χ3v) is 13.7. The van der Waals surface area contributed by atoms with Crippen LogP contribution in [0.4, 0.5) is 0 Å². The molecule has 9 nitrogen and oxygen atoms in total. The molecule has 0 N–H and O–H groups in total. The monoisotopic (exact) mass is 1250 g/mol. The van der Waals surface area contributed by atoms with Gasteiger partial charge in [-0.15, -0.1) is 0 Å². The molecule has 0 aliphatic carbocycles. The maximum atomic E-state index is 12.9. The van der Waals surface area contributed by atoms with E-state index in [4.69, 9.17) is 18.9 Å². The van der Waals surface area contributed by atoms with Crippen LogP contribution < -0.4 is 5.11 Å². The molecule has 2 atom stereocenters. The predicted octanol–water partition coefficient (Wildman–Crippen LogP) is 20.8. The molecule has 0 aliphatic rings. The highest BCUT2D eigenvalue weighted by atomic mass is 16.7. The maximum Gasteiger partial charge on any atom is 0.306 e. The molecule has 0 amide bonds. The number of nitrogens with zero attached hydrogens (tertiary/aromatic N) is 1. The van der Waals surface area contributed by atoms with Gasteiger partial charge in [0.25, 0.3) is 0 Å². The molecule has 0 heterocycles. The molecule has 0 saturated carbocycles. The minimum Gasteiger partial charge on any atom is -0.545 e. The zero-order chi connectivity index (χ0) is 66.1. The molecular weight excluding hydrogens is 1130 g/mol. The molecule has 0 saturated heterocycles. The highest BCUT2D eigenvalue weighted by Gasteiger charge is 2.22. The molecule has 0 aromatic rings. The molecule has 0 spiro atoms. The molecule has 0 aromatic carbocycles. The quantitative estimate of drug-likeness (QED) is 0.0195. The number of aliphatic carboxylic acids is 1. The Bertz CT molecular complexity index is 2300. The van der Waals surface area contributed by atoms with Gasteiger partial charge in [0.15, 0.2) is 12.4 Å². The van der Waals surface area contributed by atoms with E-state index in [-0.39, 0.29) is 32.7 Å². The van der Waals surface area contributed by atoms with E-state index >= 15 is 0 Å². The third kappa shape index (κ3) is 70.9. The van der Waals surface area contributed by atoms with Gasteiger partial charge in [-0.2, -0.15) is 0 Å². The van der Waals surface area contributed by atoms with Crippen LogP contribution in [0.15, 0.2) is 219 Å². The van der Waals surface area contributed by atoms with Crippen molar-refractivity contribution in [3.05, 3.63) is 219 Å². The van der Waals surface area contributed by atoms with Gasteiger partial charge in [0.1, 0.15) is 13.2 Å². The van der Waals surface area contributed by atoms with Gasteiger partial charge in [0.2, 0.25) is 0 Å². The molecule has 0 aliphatic heterocycles. The van der Waals surface area contributed by atoms with Crippen LogP contribution >= 0.6 is 0 Å². The van der Waals surface area contributed by atoms with Gasteiger partial charge in [-0.1, -0.05) is 271 Å². The molecule has 0 fully saturated rings. The van der Waals surface area contributed by atoms with Crippen LogP contribution in [0.3, 0.4) is 0 Å². The summed E-state index contributed by atoms with van der Waals surface area (Å²) < 4.78 is 22.7. The fourth-order valence-corrected chi connectivity index (χ4v) is 8.46. The number of carboxylic acid groups (broad SMARTS) is 1. The molecule has 2 unspecified atom stereocenters. The molecule has 506 valence electrons. The van der Waals surface area contributed by atoms with Crippen molar-refractivity contribution in [2.45, 2.75) is 232 Å². The number of carbonyl (C=O) groups is 3. The third-order valence-electron chi connectivity index (χ3n) is 13.7. The lowest BCUT2D eigenvalue weighted by Crippen LogP contribution is -2.44. The van der Waals surface area contributed by atoms with Crippen LogP contribution in [0.2, 0.25) is 0 Å². The van der Waals surface area contributed by atoms with Crippen LogP contribution in [0.1, 0.15) is 219 Å². The molecule has 0 aromatic heterocycles. The molecule has 91 heavy (non-hydrogen) atoms. The zero-order valence-electron chi connectivity index (χ0n) is 57.6. The fourth-order valence-electron chi connectivity index (χ4n) is 8.46. The van der Waals surface area contributed by atoms with Crippen molar-refractivity contribution >= 4 is 17.9 Å². The summed E-state index contributed by atoms with van der Waals surface area (Å²) >= 11 is 0. The van der Waals surface area contributed by atoms with Gasteiger partial charge >= 0.3 is 11.9 Å². The van der Waals surface area contributed by atoms with Crippen molar-refractivity contribution in [2.75, 3.05) is 47.5 Å². The van der Waals surface area contributed by atoms with Crippen LogP contribution in [0.5, 0.6) is 0 Å². The highest BCUT2D eigenvalue weighted by Crippen LogP contribution is 2.13. The van der Waals surface area contributed by atoms with E-state index in [1.165, 1.54) is 12.8 Å². The van der Waals surface area contributed by atoms with E-state index in [1.54, 1.807) is 0 Å². The van der Waals surface area contributed by atoms with Gasteiger partial charge in [-0.25, -0.2) is 0 Å². The smallest absolute Gasteiger partial charge is 0.306 e. The Morgan fingerprint density at radius 1 is 0.330 bits per heavy atom. The molecule has 0 radical (unpaired) electrons. The van der Waals surface area contributed by atoms with E-state index in [9.17, 15) is 19.5 Å². The Morgan fingerprint density at radius 2 is 0.593 bits per heavy atom. The van der Waals surface area contributed by atoms with Crippen LogP contribution in [-0.4, -0.2) is 82.3 Å². The first-order chi connectivity index (χ1) is 44.6. The number of likely N-dealkylation sites (N-methyl/N-ethyl adjacent to an activating group) is 1. The lowest BCUT2D eigenvalue weighted by atomic mass is 10.1. The number of ether oxygens (including phenoxy) is 4. The van der Waals surface area contributed by atoms with E-state index in [0.29, 0.717) is 23.9 Å². The second-order valence-electron chi connectivity index (χ2n) is 23.3. The van der Waals surface area contributed by atoms with Gasteiger partial charge < -0.3 is 33.3 Å². The van der Waals surface area contributed by atoms with Crippen molar-refractivity contribution in [1.29, 1.82) is 0 Å². The summed E-state index contributed by atoms with van der Waals surface area (Å²) in [4.78, 5) is 37.5. The number of hydrogen-bond donors (Lipinski definition) is 0. The molecule has 0 bridgehead atoms. The molecule has 0 rings (SSSR count). The predicted molar refractivity (Wildman–Crippen MR) is 388 cm³/mol. The van der Waals surface area contributed by atoms with Crippen molar-refractivity contribution in [1.82, 2.24) is 0 Å². The van der Waals surface area contributed by atoms with E-state index in [0.717, 1.165) is 167 Å². The number of rotatable bonds is 61.